The normalized spacial score (nSPS) is 18.2. The van der Waals surface area contributed by atoms with Gasteiger partial charge >= 0.3 is 0 Å². The average molecular weight is 349 g/mol. The first-order chi connectivity index (χ1) is 10.0. The summed E-state index contributed by atoms with van der Waals surface area (Å²) >= 11 is 3.42. The van der Waals surface area contributed by atoms with Crippen molar-refractivity contribution in [1.29, 1.82) is 0 Å². The molecule has 5 heteroatoms. The number of benzene rings is 2. The van der Waals surface area contributed by atoms with E-state index in [1.165, 1.54) is 12.1 Å². The third-order valence-electron chi connectivity index (χ3n) is 3.61. The number of fused-ring (bicyclic) bond motifs is 1. The lowest BCUT2D eigenvalue weighted by molar-refractivity contribution is -0.117. The summed E-state index contributed by atoms with van der Waals surface area (Å²) in [6, 6.07) is 11.5. The van der Waals surface area contributed by atoms with E-state index in [1.54, 1.807) is 6.07 Å². The molecule has 0 spiro atoms. The maximum Gasteiger partial charge on any atom is 0.246 e. The van der Waals surface area contributed by atoms with Crippen LogP contribution in [0.15, 0.2) is 46.9 Å². The summed E-state index contributed by atoms with van der Waals surface area (Å²) in [4.78, 5) is 12.1. The first kappa shape index (κ1) is 14.2. The molecular weight excluding hydrogens is 335 g/mol. The molecule has 0 fully saturated rings. The predicted molar refractivity (Wildman–Crippen MR) is 83.5 cm³/mol. The summed E-state index contributed by atoms with van der Waals surface area (Å²) in [5.41, 5.74) is 2.52. The van der Waals surface area contributed by atoms with Gasteiger partial charge in [-0.25, -0.2) is 4.39 Å². The highest BCUT2D eigenvalue weighted by Crippen LogP contribution is 2.34. The zero-order valence-corrected chi connectivity index (χ0v) is 12.9. The smallest absolute Gasteiger partial charge is 0.246 e. The summed E-state index contributed by atoms with van der Waals surface area (Å²) in [5, 5.41) is 6.10. The van der Waals surface area contributed by atoms with Crippen molar-refractivity contribution in [1.82, 2.24) is 5.32 Å². The molecule has 3 rings (SSSR count). The van der Waals surface area contributed by atoms with Gasteiger partial charge in [0.2, 0.25) is 5.91 Å². The monoisotopic (exact) mass is 348 g/mol. The van der Waals surface area contributed by atoms with E-state index < -0.39 is 6.04 Å². The van der Waals surface area contributed by atoms with Crippen molar-refractivity contribution in [3.8, 4) is 0 Å². The molecule has 0 aromatic heterocycles. The van der Waals surface area contributed by atoms with Gasteiger partial charge in [-0.2, -0.15) is 0 Å². The van der Waals surface area contributed by atoms with Gasteiger partial charge in [0.05, 0.1) is 0 Å². The summed E-state index contributed by atoms with van der Waals surface area (Å²) in [7, 11) is 0. The molecule has 0 radical (unpaired) electrons. The van der Waals surface area contributed by atoms with Crippen molar-refractivity contribution >= 4 is 27.5 Å². The molecule has 2 aromatic carbocycles. The Bertz CT molecular complexity index is 704. The van der Waals surface area contributed by atoms with E-state index in [1.807, 2.05) is 31.2 Å². The molecule has 2 aromatic rings. The van der Waals surface area contributed by atoms with Crippen LogP contribution in [0.4, 0.5) is 10.1 Å². The molecule has 1 aliphatic heterocycles. The van der Waals surface area contributed by atoms with Gasteiger partial charge in [0.25, 0.3) is 0 Å². The molecule has 0 saturated carbocycles. The van der Waals surface area contributed by atoms with Crippen LogP contribution in [0.25, 0.3) is 0 Å². The maximum absolute atomic E-state index is 13.3. The summed E-state index contributed by atoms with van der Waals surface area (Å²) in [6.07, 6.45) is 0. The second-order valence-corrected chi connectivity index (χ2v) is 6.01. The van der Waals surface area contributed by atoms with E-state index in [-0.39, 0.29) is 17.8 Å². The number of carbonyl (C=O) groups excluding carboxylic acids is 1. The number of anilines is 1. The number of halogens is 2. The van der Waals surface area contributed by atoms with Crippen molar-refractivity contribution in [3.05, 3.63) is 63.9 Å². The minimum atomic E-state index is -0.434. The van der Waals surface area contributed by atoms with Crippen LogP contribution in [0, 0.1) is 5.82 Å². The van der Waals surface area contributed by atoms with E-state index in [2.05, 4.69) is 26.6 Å². The van der Waals surface area contributed by atoms with Crippen LogP contribution in [0.1, 0.15) is 30.1 Å². The van der Waals surface area contributed by atoms with Crippen LogP contribution in [-0.2, 0) is 4.79 Å². The zero-order chi connectivity index (χ0) is 15.0. The van der Waals surface area contributed by atoms with E-state index in [9.17, 15) is 9.18 Å². The Kier molecular flexibility index (Phi) is 3.78. The molecule has 0 aliphatic carbocycles. The Morgan fingerprint density at radius 3 is 2.86 bits per heavy atom. The van der Waals surface area contributed by atoms with Crippen LogP contribution in [-0.4, -0.2) is 5.91 Å². The van der Waals surface area contributed by atoms with Crippen LogP contribution < -0.4 is 10.6 Å². The average Bonchev–Trinajstić information content (AvgIpc) is 2.75. The molecule has 0 bridgehead atoms. The van der Waals surface area contributed by atoms with Gasteiger partial charge in [-0.3, -0.25) is 10.1 Å². The highest BCUT2D eigenvalue weighted by atomic mass is 79.9. The highest BCUT2D eigenvalue weighted by molar-refractivity contribution is 9.10. The Morgan fingerprint density at radius 2 is 2.10 bits per heavy atom. The van der Waals surface area contributed by atoms with Gasteiger partial charge < -0.3 is 5.32 Å². The van der Waals surface area contributed by atoms with E-state index in [0.717, 1.165) is 21.3 Å². The second-order valence-electron chi connectivity index (χ2n) is 5.10. The SMILES string of the molecule is CC(NC1C(=O)Nc2ccc(Br)cc21)c1cccc(F)c1. The number of hydrogen-bond acceptors (Lipinski definition) is 2. The molecule has 0 saturated heterocycles. The fourth-order valence-corrected chi connectivity index (χ4v) is 2.90. The molecule has 21 heavy (non-hydrogen) atoms. The molecule has 3 nitrogen and oxygen atoms in total. The van der Waals surface area contributed by atoms with Gasteiger partial charge in [-0.15, -0.1) is 0 Å². The quantitative estimate of drug-likeness (QED) is 0.882. The minimum Gasteiger partial charge on any atom is -0.324 e. The predicted octanol–water partition coefficient (Wildman–Crippen LogP) is 3.93. The highest BCUT2D eigenvalue weighted by Gasteiger charge is 2.31. The van der Waals surface area contributed by atoms with Crippen molar-refractivity contribution < 1.29 is 9.18 Å². The lowest BCUT2D eigenvalue weighted by Crippen LogP contribution is -2.29. The molecule has 1 heterocycles. The summed E-state index contributed by atoms with van der Waals surface area (Å²) < 4.78 is 14.2. The number of amides is 1. The Morgan fingerprint density at radius 1 is 1.29 bits per heavy atom. The van der Waals surface area contributed by atoms with E-state index >= 15 is 0 Å². The first-order valence-electron chi connectivity index (χ1n) is 6.66. The summed E-state index contributed by atoms with van der Waals surface area (Å²) in [6.45, 7) is 1.91. The van der Waals surface area contributed by atoms with E-state index in [4.69, 9.17) is 0 Å². The van der Waals surface area contributed by atoms with Crippen LogP contribution in [0.5, 0.6) is 0 Å². The molecule has 2 N–H and O–H groups in total. The topological polar surface area (TPSA) is 41.1 Å². The van der Waals surface area contributed by atoms with Crippen molar-refractivity contribution in [3.63, 3.8) is 0 Å². The number of hydrogen-bond donors (Lipinski definition) is 2. The zero-order valence-electron chi connectivity index (χ0n) is 11.4. The number of rotatable bonds is 3. The van der Waals surface area contributed by atoms with Gasteiger partial charge in [0.15, 0.2) is 0 Å². The maximum atomic E-state index is 13.3. The van der Waals surface area contributed by atoms with Gasteiger partial charge in [0, 0.05) is 21.8 Å². The number of carbonyl (C=O) groups is 1. The van der Waals surface area contributed by atoms with Gasteiger partial charge in [-0.1, -0.05) is 28.1 Å². The van der Waals surface area contributed by atoms with Gasteiger partial charge in [-0.05, 0) is 42.8 Å². The fourth-order valence-electron chi connectivity index (χ4n) is 2.52. The second kappa shape index (κ2) is 5.58. The lowest BCUT2D eigenvalue weighted by atomic mass is 10.0. The van der Waals surface area contributed by atoms with Crippen LogP contribution >= 0.6 is 15.9 Å². The Hall–Kier alpha value is -1.72. The number of nitrogens with one attached hydrogen (secondary N) is 2. The van der Waals surface area contributed by atoms with Crippen LogP contribution in [0.2, 0.25) is 0 Å². The standard InChI is InChI=1S/C16H14BrFN2O/c1-9(10-3-2-4-12(18)7-10)19-15-13-8-11(17)5-6-14(13)20-16(15)21/h2-9,15,19H,1H3,(H,20,21). The van der Waals surface area contributed by atoms with Crippen molar-refractivity contribution in [2.75, 3.05) is 5.32 Å². The third kappa shape index (κ3) is 2.84. The molecule has 108 valence electrons. The third-order valence-corrected chi connectivity index (χ3v) is 4.10. The molecular formula is C16H14BrFN2O. The Balaban J connectivity index is 1.85. The summed E-state index contributed by atoms with van der Waals surface area (Å²) in [5.74, 6) is -0.369. The minimum absolute atomic E-state index is 0.0913. The fraction of sp³-hybridized carbons (Fsp3) is 0.188. The Labute approximate surface area is 130 Å². The van der Waals surface area contributed by atoms with Crippen molar-refractivity contribution in [2.24, 2.45) is 0 Å². The molecule has 2 atom stereocenters. The van der Waals surface area contributed by atoms with Crippen LogP contribution in [0.3, 0.4) is 0 Å². The lowest BCUT2D eigenvalue weighted by Gasteiger charge is -2.19. The van der Waals surface area contributed by atoms with Gasteiger partial charge in [0.1, 0.15) is 11.9 Å². The largest absolute Gasteiger partial charge is 0.324 e. The van der Waals surface area contributed by atoms with E-state index in [0.29, 0.717) is 0 Å². The molecule has 2 unspecified atom stereocenters. The van der Waals surface area contributed by atoms with Crippen molar-refractivity contribution in [2.45, 2.75) is 19.0 Å². The molecule has 1 aliphatic rings. The molecule has 1 amide bonds. The first-order valence-corrected chi connectivity index (χ1v) is 7.46.